The van der Waals surface area contributed by atoms with Crippen LogP contribution < -0.4 is 16.2 Å². The Bertz CT molecular complexity index is 1580. The average Bonchev–Trinajstić information content (AvgIpc) is 3.14. The van der Waals surface area contributed by atoms with Gasteiger partial charge in [-0.05, 0) is 65.4 Å². The average molecular weight is 480 g/mol. The molecule has 36 heavy (non-hydrogen) atoms. The fourth-order valence-electron chi connectivity index (χ4n) is 4.70. The van der Waals surface area contributed by atoms with Gasteiger partial charge in [0.15, 0.2) is 5.65 Å². The molecule has 3 heterocycles. The Morgan fingerprint density at radius 2 is 2.06 bits per heavy atom. The van der Waals surface area contributed by atoms with Gasteiger partial charge in [0.05, 0.1) is 23.9 Å². The summed E-state index contributed by atoms with van der Waals surface area (Å²) in [4.78, 5) is 22.5. The molecule has 0 bridgehead atoms. The van der Waals surface area contributed by atoms with Gasteiger partial charge < -0.3 is 10.6 Å². The van der Waals surface area contributed by atoms with Crippen LogP contribution in [0, 0.1) is 11.3 Å². The number of rotatable bonds is 5. The molecule has 0 spiro atoms. The molecule has 2 aromatic carbocycles. The van der Waals surface area contributed by atoms with Crippen LogP contribution >= 0.6 is 0 Å². The van der Waals surface area contributed by atoms with Gasteiger partial charge in [0.1, 0.15) is 5.39 Å². The largest absolute Gasteiger partial charge is 0.324 e. The zero-order valence-electron chi connectivity index (χ0n) is 20.8. The van der Waals surface area contributed by atoms with Crippen molar-refractivity contribution < 1.29 is 0 Å². The van der Waals surface area contributed by atoms with E-state index in [1.54, 1.807) is 27.7 Å². The van der Waals surface area contributed by atoms with Crippen LogP contribution in [0.25, 0.3) is 16.7 Å². The molecular weight excluding hydrogens is 450 g/mol. The van der Waals surface area contributed by atoms with E-state index in [0.29, 0.717) is 29.1 Å². The van der Waals surface area contributed by atoms with Gasteiger partial charge in [0, 0.05) is 18.4 Å². The van der Waals surface area contributed by atoms with Crippen molar-refractivity contribution in [1.82, 2.24) is 24.6 Å². The molecule has 8 heteroatoms. The second-order valence-electron chi connectivity index (χ2n) is 10.0. The number of fused-ring (bicyclic) bond motifs is 2. The molecule has 0 saturated carbocycles. The van der Waals surface area contributed by atoms with Crippen molar-refractivity contribution in [2.45, 2.75) is 45.7 Å². The summed E-state index contributed by atoms with van der Waals surface area (Å²) in [6.07, 6.45) is 4.23. The Balaban J connectivity index is 1.65. The number of anilines is 2. The molecule has 0 fully saturated rings. The molecule has 0 amide bonds. The number of benzene rings is 2. The smallest absolute Gasteiger partial charge is 0.278 e. The van der Waals surface area contributed by atoms with Crippen molar-refractivity contribution in [2.75, 3.05) is 11.9 Å². The molecule has 1 aliphatic heterocycles. The van der Waals surface area contributed by atoms with E-state index < -0.39 is 0 Å². The van der Waals surface area contributed by atoms with E-state index in [1.165, 1.54) is 11.1 Å². The third-order valence-electron chi connectivity index (χ3n) is 6.50. The standard InChI is InChI=1S/C28H29N7O/c1-5-12-34-26(36)23-17-31-27(32-21-8-6-20-16-30-11-10-18(20)13-21)33-25(23)35(34)22-9-7-19(15-29)24(14-22)28(2,3)4/h5-9,13-14,17,30H,1,10-12,16H2,2-4H3,(H,31,32,33). The van der Waals surface area contributed by atoms with Crippen LogP contribution in [0.4, 0.5) is 11.6 Å². The summed E-state index contributed by atoms with van der Waals surface area (Å²) in [5, 5.41) is 16.8. The lowest BCUT2D eigenvalue weighted by molar-refractivity contribution is 0.580. The number of nitrogens with zero attached hydrogens (tertiary/aromatic N) is 5. The molecule has 0 aliphatic carbocycles. The minimum Gasteiger partial charge on any atom is -0.324 e. The first-order chi connectivity index (χ1) is 17.3. The van der Waals surface area contributed by atoms with Crippen molar-refractivity contribution in [2.24, 2.45) is 0 Å². The lowest BCUT2D eigenvalue weighted by Crippen LogP contribution is -2.23. The van der Waals surface area contributed by atoms with Crippen molar-refractivity contribution >= 4 is 22.7 Å². The molecule has 2 aromatic heterocycles. The summed E-state index contributed by atoms with van der Waals surface area (Å²) in [5.41, 5.74) is 5.82. The topological polar surface area (TPSA) is 101 Å². The van der Waals surface area contributed by atoms with Gasteiger partial charge in [0.25, 0.3) is 5.56 Å². The second-order valence-corrected chi connectivity index (χ2v) is 10.0. The normalized spacial score (nSPS) is 13.3. The van der Waals surface area contributed by atoms with Gasteiger partial charge in [0.2, 0.25) is 5.95 Å². The van der Waals surface area contributed by atoms with Crippen molar-refractivity contribution in [3.63, 3.8) is 0 Å². The molecule has 4 aromatic rings. The van der Waals surface area contributed by atoms with E-state index in [4.69, 9.17) is 4.98 Å². The Labute approximate surface area is 209 Å². The minimum absolute atomic E-state index is 0.195. The Kier molecular flexibility index (Phi) is 5.94. The predicted octanol–water partition coefficient (Wildman–Crippen LogP) is 4.33. The molecule has 5 rings (SSSR count). The Morgan fingerprint density at radius 1 is 1.22 bits per heavy atom. The van der Waals surface area contributed by atoms with E-state index in [0.717, 1.165) is 36.4 Å². The summed E-state index contributed by atoms with van der Waals surface area (Å²) in [7, 11) is 0. The molecule has 0 saturated heterocycles. The molecule has 0 unspecified atom stereocenters. The number of hydrogen-bond acceptors (Lipinski definition) is 6. The summed E-state index contributed by atoms with van der Waals surface area (Å²) in [5.74, 6) is 0.408. The molecule has 1 aliphatic rings. The van der Waals surface area contributed by atoms with Crippen molar-refractivity contribution in [3.8, 4) is 11.8 Å². The molecular formula is C28H29N7O. The van der Waals surface area contributed by atoms with Gasteiger partial charge in [-0.2, -0.15) is 10.2 Å². The SMILES string of the molecule is C=CCn1c(=O)c2cnc(Nc3ccc4c(c3)CCNC4)nc2n1-c1ccc(C#N)c(C(C)(C)C)c1. The van der Waals surface area contributed by atoms with E-state index in [-0.39, 0.29) is 11.0 Å². The van der Waals surface area contributed by atoms with Crippen LogP contribution in [0.1, 0.15) is 43.0 Å². The maximum absolute atomic E-state index is 13.3. The van der Waals surface area contributed by atoms with Crippen LogP contribution in [0.2, 0.25) is 0 Å². The molecule has 2 N–H and O–H groups in total. The van der Waals surface area contributed by atoms with Gasteiger partial charge in [-0.1, -0.05) is 32.9 Å². The third kappa shape index (κ3) is 4.18. The molecule has 0 atom stereocenters. The monoisotopic (exact) mass is 479 g/mol. The summed E-state index contributed by atoms with van der Waals surface area (Å²) in [6.45, 7) is 12.2. The van der Waals surface area contributed by atoms with Crippen LogP contribution in [0.15, 0.2) is 60.0 Å². The highest BCUT2D eigenvalue weighted by molar-refractivity contribution is 5.77. The number of aromatic nitrogens is 4. The summed E-state index contributed by atoms with van der Waals surface area (Å²) in [6, 6.07) is 14.2. The number of hydrogen-bond donors (Lipinski definition) is 2. The van der Waals surface area contributed by atoms with E-state index in [2.05, 4.69) is 61.2 Å². The maximum Gasteiger partial charge on any atom is 0.278 e. The Morgan fingerprint density at radius 3 is 2.81 bits per heavy atom. The zero-order valence-corrected chi connectivity index (χ0v) is 20.8. The van der Waals surface area contributed by atoms with Crippen molar-refractivity contribution in [3.05, 3.63) is 87.9 Å². The van der Waals surface area contributed by atoms with Crippen LogP contribution in [0.3, 0.4) is 0 Å². The first-order valence-electron chi connectivity index (χ1n) is 12.0. The van der Waals surface area contributed by atoms with Gasteiger partial charge in [-0.15, -0.1) is 6.58 Å². The second kappa shape index (κ2) is 9.10. The lowest BCUT2D eigenvalue weighted by atomic mass is 9.84. The number of nitriles is 1. The number of allylic oxidation sites excluding steroid dienone is 1. The third-order valence-corrected chi connectivity index (χ3v) is 6.50. The van der Waals surface area contributed by atoms with Gasteiger partial charge >= 0.3 is 0 Å². The first kappa shape index (κ1) is 23.5. The lowest BCUT2D eigenvalue weighted by Gasteiger charge is -2.22. The fourth-order valence-corrected chi connectivity index (χ4v) is 4.70. The summed E-state index contributed by atoms with van der Waals surface area (Å²) < 4.78 is 3.39. The predicted molar refractivity (Wildman–Crippen MR) is 142 cm³/mol. The molecule has 8 nitrogen and oxygen atoms in total. The highest BCUT2D eigenvalue weighted by Gasteiger charge is 2.22. The van der Waals surface area contributed by atoms with E-state index >= 15 is 0 Å². The highest BCUT2D eigenvalue weighted by atomic mass is 16.1. The minimum atomic E-state index is -0.253. The van der Waals surface area contributed by atoms with Gasteiger partial charge in [-0.25, -0.2) is 14.3 Å². The molecule has 0 radical (unpaired) electrons. The first-order valence-corrected chi connectivity index (χ1v) is 12.0. The van der Waals surface area contributed by atoms with Crippen LogP contribution in [0.5, 0.6) is 0 Å². The van der Waals surface area contributed by atoms with Crippen LogP contribution in [-0.2, 0) is 24.9 Å². The zero-order chi connectivity index (χ0) is 25.4. The van der Waals surface area contributed by atoms with Crippen LogP contribution in [-0.4, -0.2) is 25.9 Å². The quantitative estimate of drug-likeness (QED) is 0.413. The van der Waals surface area contributed by atoms with E-state index in [1.807, 2.05) is 18.2 Å². The highest BCUT2D eigenvalue weighted by Crippen LogP contribution is 2.29. The van der Waals surface area contributed by atoms with E-state index in [9.17, 15) is 10.1 Å². The Hall–Kier alpha value is -4.22. The maximum atomic E-state index is 13.3. The molecule has 182 valence electrons. The number of nitrogens with one attached hydrogen (secondary N) is 2. The van der Waals surface area contributed by atoms with Crippen molar-refractivity contribution in [1.29, 1.82) is 5.26 Å². The summed E-state index contributed by atoms with van der Waals surface area (Å²) >= 11 is 0. The fraction of sp³-hybridized carbons (Fsp3) is 0.286. The van der Waals surface area contributed by atoms with Gasteiger partial charge in [-0.3, -0.25) is 4.79 Å².